The van der Waals surface area contributed by atoms with Crippen LogP contribution in [-0.2, 0) is 11.2 Å². The standard InChI is InChI=1S/C16H23N3O/c1-18-16(20)15-4-2-3-9-19(15)14-8-5-11-10-12(17)6-7-13(11)14/h6-7,10,14-15H,2-5,8-9,17H2,1H3,(H,18,20). The first-order valence-corrected chi connectivity index (χ1v) is 7.56. The summed E-state index contributed by atoms with van der Waals surface area (Å²) in [6, 6.07) is 6.64. The van der Waals surface area contributed by atoms with E-state index in [4.69, 9.17) is 5.73 Å². The maximum absolute atomic E-state index is 12.1. The molecular formula is C16H23N3O. The number of nitrogens with one attached hydrogen (secondary N) is 1. The van der Waals surface area contributed by atoms with Crippen LogP contribution in [0, 0.1) is 0 Å². The number of rotatable bonds is 2. The molecule has 0 spiro atoms. The molecule has 0 radical (unpaired) electrons. The molecule has 3 N–H and O–H groups in total. The normalized spacial score (nSPS) is 26.2. The predicted octanol–water partition coefficient (Wildman–Crippen LogP) is 1.86. The van der Waals surface area contributed by atoms with E-state index in [0.717, 1.165) is 37.9 Å². The van der Waals surface area contributed by atoms with Crippen LogP contribution >= 0.6 is 0 Å². The zero-order valence-corrected chi connectivity index (χ0v) is 12.1. The molecule has 0 aromatic heterocycles. The van der Waals surface area contributed by atoms with Crippen molar-refractivity contribution in [1.82, 2.24) is 10.2 Å². The molecule has 0 saturated carbocycles. The molecule has 108 valence electrons. The summed E-state index contributed by atoms with van der Waals surface area (Å²) < 4.78 is 0. The van der Waals surface area contributed by atoms with E-state index in [2.05, 4.69) is 22.3 Å². The van der Waals surface area contributed by atoms with Crippen molar-refractivity contribution < 1.29 is 4.79 Å². The largest absolute Gasteiger partial charge is 0.399 e. The summed E-state index contributed by atoms with van der Waals surface area (Å²) in [5.41, 5.74) is 9.44. The van der Waals surface area contributed by atoms with Gasteiger partial charge in [0.25, 0.3) is 0 Å². The number of nitrogens with zero attached hydrogens (tertiary/aromatic N) is 1. The third-order valence-corrected chi connectivity index (χ3v) is 4.71. The molecule has 4 heteroatoms. The lowest BCUT2D eigenvalue weighted by Crippen LogP contribution is -2.49. The summed E-state index contributed by atoms with van der Waals surface area (Å²) >= 11 is 0. The van der Waals surface area contributed by atoms with Crippen LogP contribution in [0.4, 0.5) is 5.69 Å². The lowest BCUT2D eigenvalue weighted by molar-refractivity contribution is -0.128. The average Bonchev–Trinajstić information content (AvgIpc) is 2.89. The maximum Gasteiger partial charge on any atom is 0.237 e. The SMILES string of the molecule is CNC(=O)C1CCCCN1C1CCc2cc(N)ccc21. The van der Waals surface area contributed by atoms with Gasteiger partial charge in [0.05, 0.1) is 6.04 Å². The highest BCUT2D eigenvalue weighted by Crippen LogP contribution is 2.39. The van der Waals surface area contributed by atoms with Gasteiger partial charge < -0.3 is 11.1 Å². The van der Waals surface area contributed by atoms with Crippen molar-refractivity contribution in [2.75, 3.05) is 19.3 Å². The number of amides is 1. The van der Waals surface area contributed by atoms with Gasteiger partial charge in [0.1, 0.15) is 0 Å². The van der Waals surface area contributed by atoms with Crippen molar-refractivity contribution in [2.24, 2.45) is 0 Å². The summed E-state index contributed by atoms with van der Waals surface area (Å²) in [5.74, 6) is 0.161. The molecule has 4 nitrogen and oxygen atoms in total. The molecule has 20 heavy (non-hydrogen) atoms. The first-order valence-electron chi connectivity index (χ1n) is 7.56. The van der Waals surface area contributed by atoms with Gasteiger partial charge in [-0.3, -0.25) is 9.69 Å². The van der Waals surface area contributed by atoms with E-state index in [1.54, 1.807) is 7.05 Å². The summed E-state index contributed by atoms with van der Waals surface area (Å²) in [5, 5.41) is 2.82. The van der Waals surface area contributed by atoms with Crippen molar-refractivity contribution in [3.63, 3.8) is 0 Å². The van der Waals surface area contributed by atoms with E-state index in [1.807, 2.05) is 6.07 Å². The van der Waals surface area contributed by atoms with E-state index < -0.39 is 0 Å². The Bertz CT molecular complexity index is 514. The van der Waals surface area contributed by atoms with E-state index in [0.29, 0.717) is 6.04 Å². The van der Waals surface area contributed by atoms with Gasteiger partial charge in [0, 0.05) is 18.8 Å². The minimum absolute atomic E-state index is 0.0299. The number of likely N-dealkylation sites (N-methyl/N-ethyl adjacent to an activating group) is 1. The van der Waals surface area contributed by atoms with Gasteiger partial charge in [-0.25, -0.2) is 0 Å². The van der Waals surface area contributed by atoms with E-state index in [1.165, 1.54) is 17.5 Å². The van der Waals surface area contributed by atoms with Crippen LogP contribution in [-0.4, -0.2) is 30.4 Å². The zero-order valence-electron chi connectivity index (χ0n) is 12.1. The second kappa shape index (κ2) is 5.44. The fourth-order valence-electron chi connectivity index (χ4n) is 3.73. The van der Waals surface area contributed by atoms with Crippen LogP contribution in [0.3, 0.4) is 0 Å². The van der Waals surface area contributed by atoms with E-state index in [9.17, 15) is 4.79 Å². The number of aryl methyl sites for hydroxylation is 1. The number of carbonyl (C=O) groups is 1. The molecule has 1 heterocycles. The Hall–Kier alpha value is -1.55. The summed E-state index contributed by atoms with van der Waals surface area (Å²) in [6.07, 6.45) is 5.49. The Morgan fingerprint density at radius 2 is 2.20 bits per heavy atom. The molecule has 3 rings (SSSR count). The Labute approximate surface area is 120 Å². The number of nitrogen functional groups attached to an aromatic ring is 1. The average molecular weight is 273 g/mol. The van der Waals surface area contributed by atoms with Crippen LogP contribution in [0.25, 0.3) is 0 Å². The Balaban J connectivity index is 1.87. The van der Waals surface area contributed by atoms with Gasteiger partial charge in [-0.1, -0.05) is 12.5 Å². The van der Waals surface area contributed by atoms with Gasteiger partial charge in [0.2, 0.25) is 5.91 Å². The van der Waals surface area contributed by atoms with Crippen molar-refractivity contribution in [1.29, 1.82) is 0 Å². The number of fused-ring (bicyclic) bond motifs is 1. The Morgan fingerprint density at radius 1 is 1.35 bits per heavy atom. The highest BCUT2D eigenvalue weighted by molar-refractivity contribution is 5.81. The highest BCUT2D eigenvalue weighted by Gasteiger charge is 2.36. The molecule has 1 aliphatic heterocycles. The van der Waals surface area contributed by atoms with Crippen molar-refractivity contribution in [3.05, 3.63) is 29.3 Å². The summed E-state index contributed by atoms with van der Waals surface area (Å²) in [6.45, 7) is 1.02. The van der Waals surface area contributed by atoms with Gasteiger partial charge in [-0.2, -0.15) is 0 Å². The fraction of sp³-hybridized carbons (Fsp3) is 0.562. The topological polar surface area (TPSA) is 58.4 Å². The van der Waals surface area contributed by atoms with Crippen LogP contribution in [0.15, 0.2) is 18.2 Å². The molecular weight excluding hydrogens is 250 g/mol. The molecule has 2 aliphatic rings. The molecule has 2 unspecified atom stereocenters. The second-order valence-electron chi connectivity index (χ2n) is 5.88. The van der Waals surface area contributed by atoms with Crippen molar-refractivity contribution in [2.45, 2.75) is 44.2 Å². The summed E-state index contributed by atoms with van der Waals surface area (Å²) in [4.78, 5) is 14.5. The van der Waals surface area contributed by atoms with Gasteiger partial charge in [-0.05, 0) is 55.5 Å². The molecule has 0 bridgehead atoms. The molecule has 1 aromatic rings. The van der Waals surface area contributed by atoms with Gasteiger partial charge in [-0.15, -0.1) is 0 Å². The van der Waals surface area contributed by atoms with Gasteiger partial charge >= 0.3 is 0 Å². The third kappa shape index (κ3) is 2.29. The zero-order chi connectivity index (χ0) is 14.1. The highest BCUT2D eigenvalue weighted by atomic mass is 16.2. The number of piperidine rings is 1. The molecule has 1 aliphatic carbocycles. The number of likely N-dealkylation sites (tertiary alicyclic amines) is 1. The minimum atomic E-state index is 0.0299. The van der Waals surface area contributed by atoms with Gasteiger partial charge in [0.15, 0.2) is 0 Å². The number of nitrogens with two attached hydrogens (primary N) is 1. The first-order chi connectivity index (χ1) is 9.70. The smallest absolute Gasteiger partial charge is 0.237 e. The van der Waals surface area contributed by atoms with Crippen molar-refractivity contribution >= 4 is 11.6 Å². The van der Waals surface area contributed by atoms with Crippen LogP contribution in [0.2, 0.25) is 0 Å². The number of anilines is 1. The fourth-order valence-corrected chi connectivity index (χ4v) is 3.73. The minimum Gasteiger partial charge on any atom is -0.399 e. The molecule has 1 aromatic carbocycles. The molecule has 1 amide bonds. The van der Waals surface area contributed by atoms with E-state index in [-0.39, 0.29) is 11.9 Å². The van der Waals surface area contributed by atoms with Crippen LogP contribution in [0.1, 0.15) is 42.9 Å². The maximum atomic E-state index is 12.1. The number of hydrogen-bond donors (Lipinski definition) is 2. The first kappa shape index (κ1) is 13.4. The van der Waals surface area contributed by atoms with E-state index >= 15 is 0 Å². The molecule has 2 atom stereocenters. The predicted molar refractivity (Wildman–Crippen MR) is 80.3 cm³/mol. The third-order valence-electron chi connectivity index (χ3n) is 4.71. The number of hydrogen-bond acceptors (Lipinski definition) is 3. The lowest BCUT2D eigenvalue weighted by atomic mass is 9.96. The second-order valence-corrected chi connectivity index (χ2v) is 5.88. The Morgan fingerprint density at radius 3 is 3.00 bits per heavy atom. The quantitative estimate of drug-likeness (QED) is 0.809. The number of benzene rings is 1. The van der Waals surface area contributed by atoms with Crippen molar-refractivity contribution in [3.8, 4) is 0 Å². The van der Waals surface area contributed by atoms with Crippen LogP contribution < -0.4 is 11.1 Å². The molecule has 1 fully saturated rings. The summed E-state index contributed by atoms with van der Waals surface area (Å²) in [7, 11) is 1.73. The number of carbonyl (C=O) groups excluding carboxylic acids is 1. The van der Waals surface area contributed by atoms with Crippen LogP contribution in [0.5, 0.6) is 0 Å². The Kier molecular flexibility index (Phi) is 3.66. The monoisotopic (exact) mass is 273 g/mol. The lowest BCUT2D eigenvalue weighted by Gasteiger charge is -2.39. The molecule has 1 saturated heterocycles.